The van der Waals surface area contributed by atoms with Crippen molar-refractivity contribution in [3.8, 4) is 0 Å². The molecule has 11 heavy (non-hydrogen) atoms. The lowest BCUT2D eigenvalue weighted by Gasteiger charge is -2.13. The van der Waals surface area contributed by atoms with Gasteiger partial charge in [-0.05, 0) is 19.3 Å². The van der Waals surface area contributed by atoms with Crippen LogP contribution in [0, 0.1) is 0 Å². The third-order valence-electron chi connectivity index (χ3n) is 1.79. The minimum atomic E-state index is 0.424. The first-order chi connectivity index (χ1) is 5.35. The van der Waals surface area contributed by atoms with E-state index in [1.807, 2.05) is 0 Å². The van der Waals surface area contributed by atoms with Crippen LogP contribution in [0.25, 0.3) is 0 Å². The van der Waals surface area contributed by atoms with E-state index in [9.17, 15) is 0 Å². The number of hydrogen-bond acceptors (Lipinski definition) is 3. The molecule has 0 amide bonds. The van der Waals surface area contributed by atoms with E-state index in [4.69, 9.17) is 10.6 Å². The minimum absolute atomic E-state index is 0.424. The van der Waals surface area contributed by atoms with E-state index in [1.54, 1.807) is 7.11 Å². The van der Waals surface area contributed by atoms with Crippen LogP contribution in [0.4, 0.5) is 0 Å². The Labute approximate surface area is 69.3 Å². The number of ether oxygens (including phenoxy) is 1. The van der Waals surface area contributed by atoms with Crippen molar-refractivity contribution in [2.45, 2.75) is 38.7 Å². The molecule has 3 heteroatoms. The summed E-state index contributed by atoms with van der Waals surface area (Å²) in [5, 5.41) is 0. The van der Waals surface area contributed by atoms with Crippen LogP contribution in [0.5, 0.6) is 0 Å². The van der Waals surface area contributed by atoms with E-state index >= 15 is 0 Å². The Bertz CT molecular complexity index is 78.5. The van der Waals surface area contributed by atoms with Crippen LogP contribution in [-0.2, 0) is 4.74 Å². The van der Waals surface area contributed by atoms with Gasteiger partial charge in [0.05, 0.1) is 6.10 Å². The van der Waals surface area contributed by atoms with Gasteiger partial charge in [-0.2, -0.15) is 0 Å². The Hall–Kier alpha value is -0.120. The van der Waals surface area contributed by atoms with Crippen molar-refractivity contribution in [3.05, 3.63) is 0 Å². The molecule has 0 radical (unpaired) electrons. The molecule has 0 aliphatic heterocycles. The fourth-order valence-corrected chi connectivity index (χ4v) is 1.13. The van der Waals surface area contributed by atoms with E-state index in [0.29, 0.717) is 6.10 Å². The second kappa shape index (κ2) is 7.98. The molecule has 1 atom stereocenters. The van der Waals surface area contributed by atoms with Crippen LogP contribution in [0.1, 0.15) is 32.6 Å². The Morgan fingerprint density at radius 1 is 1.45 bits per heavy atom. The van der Waals surface area contributed by atoms with Gasteiger partial charge in [-0.15, -0.1) is 0 Å². The molecule has 0 heterocycles. The maximum absolute atomic E-state index is 5.27. The molecule has 0 saturated carbocycles. The van der Waals surface area contributed by atoms with Gasteiger partial charge in [-0.25, -0.2) is 0 Å². The van der Waals surface area contributed by atoms with E-state index < -0.39 is 0 Å². The van der Waals surface area contributed by atoms with Gasteiger partial charge in [0, 0.05) is 13.7 Å². The number of nitrogens with two attached hydrogens (primary N) is 1. The quantitative estimate of drug-likeness (QED) is 0.332. The highest BCUT2D eigenvalue weighted by Gasteiger charge is 2.03. The molecule has 0 aromatic heterocycles. The largest absolute Gasteiger partial charge is 0.381 e. The summed E-state index contributed by atoms with van der Waals surface area (Å²) in [5.41, 5.74) is 2.63. The maximum atomic E-state index is 5.27. The number of hydrogen-bond donors (Lipinski definition) is 2. The molecular weight excluding hydrogens is 140 g/mol. The van der Waals surface area contributed by atoms with E-state index in [0.717, 1.165) is 25.8 Å². The topological polar surface area (TPSA) is 47.3 Å². The summed E-state index contributed by atoms with van der Waals surface area (Å²) >= 11 is 0. The number of rotatable bonds is 7. The Balaban J connectivity index is 3.20. The Kier molecular flexibility index (Phi) is 7.89. The van der Waals surface area contributed by atoms with Crippen LogP contribution < -0.4 is 11.3 Å². The molecule has 0 saturated heterocycles. The monoisotopic (exact) mass is 160 g/mol. The zero-order valence-electron chi connectivity index (χ0n) is 7.60. The molecule has 0 aliphatic rings. The van der Waals surface area contributed by atoms with Crippen molar-refractivity contribution in [1.29, 1.82) is 0 Å². The summed E-state index contributed by atoms with van der Waals surface area (Å²) in [6, 6.07) is 0. The SMILES string of the molecule is CCC[C@H](CCCNN)OC. The summed E-state index contributed by atoms with van der Waals surface area (Å²) in [7, 11) is 1.77. The zero-order valence-corrected chi connectivity index (χ0v) is 7.60. The lowest BCUT2D eigenvalue weighted by atomic mass is 10.1. The number of hydrazine groups is 1. The summed E-state index contributed by atoms with van der Waals surface area (Å²) in [6.07, 6.45) is 4.97. The van der Waals surface area contributed by atoms with Gasteiger partial charge < -0.3 is 4.74 Å². The molecule has 0 aromatic rings. The van der Waals surface area contributed by atoms with Gasteiger partial charge >= 0.3 is 0 Å². The lowest BCUT2D eigenvalue weighted by molar-refractivity contribution is 0.0856. The van der Waals surface area contributed by atoms with Crippen LogP contribution in [0.15, 0.2) is 0 Å². The molecule has 68 valence electrons. The summed E-state index contributed by atoms with van der Waals surface area (Å²) in [6.45, 7) is 3.05. The molecule has 0 aliphatic carbocycles. The molecule has 3 nitrogen and oxygen atoms in total. The Morgan fingerprint density at radius 3 is 2.64 bits per heavy atom. The second-order valence-electron chi connectivity index (χ2n) is 2.74. The minimum Gasteiger partial charge on any atom is -0.381 e. The maximum Gasteiger partial charge on any atom is 0.0571 e. The lowest BCUT2D eigenvalue weighted by Crippen LogP contribution is -2.24. The van der Waals surface area contributed by atoms with Crippen molar-refractivity contribution in [2.24, 2.45) is 5.84 Å². The van der Waals surface area contributed by atoms with E-state index in [1.165, 1.54) is 6.42 Å². The molecule has 0 unspecified atom stereocenters. The highest BCUT2D eigenvalue weighted by molar-refractivity contribution is 4.57. The van der Waals surface area contributed by atoms with Gasteiger partial charge in [0.25, 0.3) is 0 Å². The molecule has 0 rings (SSSR count). The van der Waals surface area contributed by atoms with Gasteiger partial charge in [0.2, 0.25) is 0 Å². The van der Waals surface area contributed by atoms with Crippen LogP contribution in [0.2, 0.25) is 0 Å². The predicted octanol–water partition coefficient (Wildman–Crippen LogP) is 1.05. The summed E-state index contributed by atoms with van der Waals surface area (Å²) < 4.78 is 5.27. The normalized spacial score (nSPS) is 13.4. The molecule has 0 spiro atoms. The first-order valence-corrected chi connectivity index (χ1v) is 4.31. The molecule has 0 aromatic carbocycles. The second-order valence-corrected chi connectivity index (χ2v) is 2.74. The molecule has 0 fully saturated rings. The van der Waals surface area contributed by atoms with Crippen molar-refractivity contribution in [3.63, 3.8) is 0 Å². The zero-order chi connectivity index (χ0) is 8.53. The smallest absolute Gasteiger partial charge is 0.0571 e. The van der Waals surface area contributed by atoms with Gasteiger partial charge in [-0.3, -0.25) is 11.3 Å². The highest BCUT2D eigenvalue weighted by atomic mass is 16.5. The standard InChI is InChI=1S/C8H20N2O/c1-3-5-8(11-2)6-4-7-10-9/h8,10H,3-7,9H2,1-2H3/t8-/m1/s1. The van der Waals surface area contributed by atoms with Gasteiger partial charge in [0.15, 0.2) is 0 Å². The van der Waals surface area contributed by atoms with Crippen molar-refractivity contribution < 1.29 is 4.74 Å². The van der Waals surface area contributed by atoms with Crippen molar-refractivity contribution in [1.82, 2.24) is 5.43 Å². The third-order valence-corrected chi connectivity index (χ3v) is 1.79. The first-order valence-electron chi connectivity index (χ1n) is 4.31. The first kappa shape index (κ1) is 10.9. The Morgan fingerprint density at radius 2 is 2.18 bits per heavy atom. The van der Waals surface area contributed by atoms with Crippen molar-refractivity contribution in [2.75, 3.05) is 13.7 Å². The van der Waals surface area contributed by atoms with Gasteiger partial charge in [-0.1, -0.05) is 13.3 Å². The van der Waals surface area contributed by atoms with Crippen molar-refractivity contribution >= 4 is 0 Å². The average molecular weight is 160 g/mol. The fourth-order valence-electron chi connectivity index (χ4n) is 1.13. The molecule has 3 N–H and O–H groups in total. The summed E-state index contributed by atoms with van der Waals surface area (Å²) in [4.78, 5) is 0. The van der Waals surface area contributed by atoms with Gasteiger partial charge in [0.1, 0.15) is 0 Å². The molecule has 0 bridgehead atoms. The molecular formula is C8H20N2O. The van der Waals surface area contributed by atoms with Crippen LogP contribution in [-0.4, -0.2) is 19.8 Å². The highest BCUT2D eigenvalue weighted by Crippen LogP contribution is 2.07. The summed E-state index contributed by atoms with van der Waals surface area (Å²) in [5.74, 6) is 5.14. The van der Waals surface area contributed by atoms with E-state index in [-0.39, 0.29) is 0 Å². The van der Waals surface area contributed by atoms with Crippen LogP contribution >= 0.6 is 0 Å². The average Bonchev–Trinajstić information content (AvgIpc) is 2.03. The predicted molar refractivity (Wildman–Crippen MR) is 47.1 cm³/mol. The number of nitrogens with one attached hydrogen (secondary N) is 1. The fraction of sp³-hybridized carbons (Fsp3) is 1.00. The van der Waals surface area contributed by atoms with Crippen LogP contribution in [0.3, 0.4) is 0 Å². The third kappa shape index (κ3) is 6.28. The van der Waals surface area contributed by atoms with E-state index in [2.05, 4.69) is 12.3 Å². The number of methoxy groups -OCH3 is 1.